The third kappa shape index (κ3) is 3.94. The molecule has 1 amide bonds. The highest BCUT2D eigenvalue weighted by molar-refractivity contribution is 6.33. The van der Waals surface area contributed by atoms with Crippen molar-refractivity contribution < 1.29 is 19.2 Å². The van der Waals surface area contributed by atoms with Gasteiger partial charge in [-0.05, 0) is 25.3 Å². The number of halogens is 1. The molecule has 0 aliphatic rings. The van der Waals surface area contributed by atoms with Gasteiger partial charge in [0.2, 0.25) is 0 Å². The zero-order chi connectivity index (χ0) is 17.9. The summed E-state index contributed by atoms with van der Waals surface area (Å²) in [6.45, 7) is 5.38. The number of carboxylic acids is 1. The minimum Gasteiger partial charge on any atom is -0.480 e. The number of carboxylic acid groups (broad SMARTS) is 1. The number of carbonyl (C=O) groups is 2. The summed E-state index contributed by atoms with van der Waals surface area (Å²) >= 11 is 6.16. The lowest BCUT2D eigenvalue weighted by Gasteiger charge is -2.16. The highest BCUT2D eigenvalue weighted by Gasteiger charge is 2.27. The summed E-state index contributed by atoms with van der Waals surface area (Å²) in [5, 5.41) is 16.2. The molecule has 0 aliphatic heterocycles. The maximum atomic E-state index is 12.6. The van der Waals surface area contributed by atoms with Crippen LogP contribution in [0.4, 0.5) is 0 Å². The van der Waals surface area contributed by atoms with E-state index < -0.39 is 17.9 Å². The van der Waals surface area contributed by atoms with Crippen molar-refractivity contribution in [2.24, 2.45) is 5.92 Å². The molecule has 2 rings (SSSR count). The van der Waals surface area contributed by atoms with Crippen molar-refractivity contribution in [2.75, 3.05) is 0 Å². The van der Waals surface area contributed by atoms with E-state index in [1.54, 1.807) is 31.2 Å². The number of carbonyl (C=O) groups excluding carboxylic acids is 1. The third-order valence-electron chi connectivity index (χ3n) is 3.53. The number of aryl methyl sites for hydroxylation is 1. The van der Waals surface area contributed by atoms with Gasteiger partial charge in [-0.15, -0.1) is 0 Å². The van der Waals surface area contributed by atoms with E-state index in [1.165, 1.54) is 0 Å². The van der Waals surface area contributed by atoms with Crippen LogP contribution in [0.2, 0.25) is 5.02 Å². The number of amides is 1. The van der Waals surface area contributed by atoms with Crippen molar-refractivity contribution in [2.45, 2.75) is 33.2 Å². The van der Waals surface area contributed by atoms with Gasteiger partial charge in [0.15, 0.2) is 0 Å². The van der Waals surface area contributed by atoms with Gasteiger partial charge >= 0.3 is 5.97 Å². The van der Waals surface area contributed by atoms with Gasteiger partial charge in [0, 0.05) is 5.56 Å². The Morgan fingerprint density at radius 2 is 2.00 bits per heavy atom. The molecule has 24 heavy (non-hydrogen) atoms. The molecule has 1 heterocycles. The lowest BCUT2D eigenvalue weighted by atomic mass is 10.0. The number of hydrogen-bond acceptors (Lipinski definition) is 4. The topological polar surface area (TPSA) is 92.4 Å². The van der Waals surface area contributed by atoms with Crippen LogP contribution in [-0.4, -0.2) is 28.2 Å². The SMILES string of the molecule is Cc1onc(-c2ccccc2Cl)c1C(=O)NC(CC(C)C)C(=O)O. The number of aliphatic carboxylic acids is 1. The van der Waals surface area contributed by atoms with Crippen LogP contribution in [0.3, 0.4) is 0 Å². The van der Waals surface area contributed by atoms with E-state index in [0.29, 0.717) is 28.5 Å². The molecule has 1 atom stereocenters. The molecule has 0 fully saturated rings. The Morgan fingerprint density at radius 3 is 2.58 bits per heavy atom. The van der Waals surface area contributed by atoms with E-state index in [2.05, 4.69) is 10.5 Å². The summed E-state index contributed by atoms with van der Waals surface area (Å²) < 4.78 is 5.13. The van der Waals surface area contributed by atoms with Gasteiger partial charge in [-0.2, -0.15) is 0 Å². The van der Waals surface area contributed by atoms with Crippen molar-refractivity contribution in [3.8, 4) is 11.3 Å². The fourth-order valence-electron chi connectivity index (χ4n) is 2.40. The van der Waals surface area contributed by atoms with Crippen molar-refractivity contribution in [3.63, 3.8) is 0 Å². The summed E-state index contributed by atoms with van der Waals surface area (Å²) in [4.78, 5) is 24.0. The van der Waals surface area contributed by atoms with Crippen LogP contribution in [0.1, 0.15) is 36.4 Å². The van der Waals surface area contributed by atoms with Gasteiger partial charge in [-0.3, -0.25) is 4.79 Å². The van der Waals surface area contributed by atoms with Gasteiger partial charge in [0.05, 0.1) is 5.02 Å². The normalized spacial score (nSPS) is 12.2. The van der Waals surface area contributed by atoms with Gasteiger partial charge < -0.3 is 14.9 Å². The first-order valence-electron chi connectivity index (χ1n) is 7.56. The fourth-order valence-corrected chi connectivity index (χ4v) is 2.63. The maximum absolute atomic E-state index is 12.6. The average Bonchev–Trinajstić information content (AvgIpc) is 2.88. The number of rotatable bonds is 6. The minimum absolute atomic E-state index is 0.123. The Kier molecular flexibility index (Phi) is 5.62. The first kappa shape index (κ1) is 18.0. The molecule has 0 saturated carbocycles. The number of hydrogen-bond donors (Lipinski definition) is 2. The summed E-state index contributed by atoms with van der Waals surface area (Å²) in [7, 11) is 0. The quantitative estimate of drug-likeness (QED) is 0.831. The van der Waals surface area contributed by atoms with Crippen LogP contribution in [0.25, 0.3) is 11.3 Å². The van der Waals surface area contributed by atoms with Crippen LogP contribution < -0.4 is 5.32 Å². The molecule has 0 spiro atoms. The highest BCUT2D eigenvalue weighted by atomic mass is 35.5. The number of benzene rings is 1. The number of nitrogens with one attached hydrogen (secondary N) is 1. The molecule has 2 aromatic rings. The monoisotopic (exact) mass is 350 g/mol. The van der Waals surface area contributed by atoms with Crippen molar-refractivity contribution >= 4 is 23.5 Å². The number of aromatic nitrogens is 1. The smallest absolute Gasteiger partial charge is 0.326 e. The zero-order valence-electron chi connectivity index (χ0n) is 13.7. The molecule has 0 radical (unpaired) electrons. The summed E-state index contributed by atoms with van der Waals surface area (Å²) in [6, 6.07) is 5.96. The second kappa shape index (κ2) is 7.49. The molecular weight excluding hydrogens is 332 g/mol. The minimum atomic E-state index is -1.08. The van der Waals surface area contributed by atoms with Crippen LogP contribution in [0.15, 0.2) is 28.8 Å². The van der Waals surface area contributed by atoms with E-state index in [1.807, 2.05) is 13.8 Å². The van der Waals surface area contributed by atoms with Gasteiger partial charge in [0.25, 0.3) is 5.91 Å². The standard InChI is InChI=1S/C17H19ClN2O4/c1-9(2)8-13(17(22)23)19-16(21)14-10(3)24-20-15(14)11-6-4-5-7-12(11)18/h4-7,9,13H,8H2,1-3H3,(H,19,21)(H,22,23). The molecule has 6 nitrogen and oxygen atoms in total. The van der Waals surface area contributed by atoms with Crippen molar-refractivity contribution in [3.05, 3.63) is 40.6 Å². The summed E-state index contributed by atoms with van der Waals surface area (Å²) in [5.41, 5.74) is 1.04. The molecule has 0 saturated heterocycles. The molecule has 1 aromatic heterocycles. The largest absolute Gasteiger partial charge is 0.480 e. The second-order valence-corrected chi connectivity index (χ2v) is 6.34. The maximum Gasteiger partial charge on any atom is 0.326 e. The van der Waals surface area contributed by atoms with Crippen molar-refractivity contribution in [1.29, 1.82) is 0 Å². The molecule has 7 heteroatoms. The summed E-state index contributed by atoms with van der Waals surface area (Å²) in [6.07, 6.45) is 0.326. The van der Waals surface area contributed by atoms with E-state index >= 15 is 0 Å². The molecule has 1 unspecified atom stereocenters. The zero-order valence-corrected chi connectivity index (χ0v) is 14.4. The lowest BCUT2D eigenvalue weighted by Crippen LogP contribution is -2.41. The molecule has 2 N–H and O–H groups in total. The van der Waals surface area contributed by atoms with E-state index in [0.717, 1.165) is 0 Å². The molecule has 0 bridgehead atoms. The Hall–Kier alpha value is -2.34. The number of nitrogens with zero attached hydrogens (tertiary/aromatic N) is 1. The lowest BCUT2D eigenvalue weighted by molar-refractivity contribution is -0.139. The third-order valence-corrected chi connectivity index (χ3v) is 3.86. The Labute approximate surface area is 144 Å². The van der Waals surface area contributed by atoms with Gasteiger partial charge in [-0.25, -0.2) is 4.79 Å². The molecular formula is C17H19ClN2O4. The average molecular weight is 351 g/mol. The summed E-state index contributed by atoms with van der Waals surface area (Å²) in [5.74, 6) is -1.20. The molecule has 1 aromatic carbocycles. The molecule has 128 valence electrons. The van der Waals surface area contributed by atoms with Crippen molar-refractivity contribution in [1.82, 2.24) is 10.5 Å². The van der Waals surface area contributed by atoms with Crippen LogP contribution in [-0.2, 0) is 4.79 Å². The Balaban J connectivity index is 2.35. The van der Waals surface area contributed by atoms with E-state index in [4.69, 9.17) is 16.1 Å². The predicted octanol–water partition coefficient (Wildman–Crippen LogP) is 3.53. The first-order valence-corrected chi connectivity index (χ1v) is 7.94. The van der Waals surface area contributed by atoms with Crippen LogP contribution in [0.5, 0.6) is 0 Å². The Morgan fingerprint density at radius 1 is 1.33 bits per heavy atom. The molecule has 0 aliphatic carbocycles. The first-order chi connectivity index (χ1) is 11.3. The van der Waals surface area contributed by atoms with Crippen LogP contribution in [0, 0.1) is 12.8 Å². The van der Waals surface area contributed by atoms with Gasteiger partial charge in [0.1, 0.15) is 23.1 Å². The van der Waals surface area contributed by atoms with Crippen LogP contribution >= 0.6 is 11.6 Å². The Bertz CT molecular complexity index is 755. The van der Waals surface area contributed by atoms with Gasteiger partial charge in [-0.1, -0.05) is 48.8 Å². The predicted molar refractivity (Wildman–Crippen MR) is 90.0 cm³/mol. The van der Waals surface area contributed by atoms with E-state index in [-0.39, 0.29) is 11.5 Å². The fraction of sp³-hybridized carbons (Fsp3) is 0.353. The van der Waals surface area contributed by atoms with E-state index in [9.17, 15) is 14.7 Å². The highest BCUT2D eigenvalue weighted by Crippen LogP contribution is 2.31. The second-order valence-electron chi connectivity index (χ2n) is 5.94.